The van der Waals surface area contributed by atoms with E-state index in [0.717, 1.165) is 24.4 Å². The minimum absolute atomic E-state index is 0.614. The third-order valence-corrected chi connectivity index (χ3v) is 4.64. The largest absolute Gasteiger partial charge is 0.497 e. The van der Waals surface area contributed by atoms with Crippen LogP contribution in [0, 0.1) is 0 Å². The molecule has 0 saturated carbocycles. The normalized spacial score (nSPS) is 17.0. The van der Waals surface area contributed by atoms with E-state index in [1.54, 1.807) is 7.11 Å². The molecule has 3 rings (SSSR count). The van der Waals surface area contributed by atoms with Gasteiger partial charge >= 0.3 is 0 Å². The molecule has 1 unspecified atom stereocenters. The van der Waals surface area contributed by atoms with Crippen molar-refractivity contribution in [1.82, 2.24) is 0 Å². The second-order valence-corrected chi connectivity index (χ2v) is 6.01. The van der Waals surface area contributed by atoms with Crippen LogP contribution in [0.4, 0.5) is 5.69 Å². The lowest BCUT2D eigenvalue weighted by Crippen LogP contribution is -2.15. The second kappa shape index (κ2) is 5.57. The summed E-state index contributed by atoms with van der Waals surface area (Å²) in [7, 11) is 1.70. The van der Waals surface area contributed by atoms with Crippen molar-refractivity contribution >= 4 is 17.4 Å². The standard InChI is InChI=1S/C16H17NOS/c1-18-14-7-4-6-13(10-14)17-11-15-9-12-5-2-3-8-16(12)19-15/h2-8,10,15,17H,9,11H2,1H3. The van der Waals surface area contributed by atoms with Gasteiger partial charge in [-0.15, -0.1) is 11.8 Å². The zero-order chi connectivity index (χ0) is 13.1. The summed E-state index contributed by atoms with van der Waals surface area (Å²) in [5, 5.41) is 4.11. The van der Waals surface area contributed by atoms with Crippen LogP contribution in [-0.4, -0.2) is 18.9 Å². The molecule has 2 aromatic rings. The Morgan fingerprint density at radius 1 is 1.21 bits per heavy atom. The van der Waals surface area contributed by atoms with Crippen LogP contribution in [0.3, 0.4) is 0 Å². The number of ether oxygens (including phenoxy) is 1. The molecule has 98 valence electrons. The number of fused-ring (bicyclic) bond motifs is 1. The third-order valence-electron chi connectivity index (χ3n) is 3.32. The minimum Gasteiger partial charge on any atom is -0.497 e. The first-order valence-electron chi connectivity index (χ1n) is 6.47. The van der Waals surface area contributed by atoms with Gasteiger partial charge in [-0.05, 0) is 30.2 Å². The first-order valence-corrected chi connectivity index (χ1v) is 7.35. The van der Waals surface area contributed by atoms with Crippen LogP contribution in [0.15, 0.2) is 53.4 Å². The zero-order valence-corrected chi connectivity index (χ0v) is 11.7. The average Bonchev–Trinajstić information content (AvgIpc) is 2.88. The summed E-state index contributed by atoms with van der Waals surface area (Å²) in [5.74, 6) is 0.896. The highest BCUT2D eigenvalue weighted by molar-refractivity contribution is 8.00. The Labute approximate surface area is 118 Å². The molecule has 3 heteroatoms. The van der Waals surface area contributed by atoms with Gasteiger partial charge in [-0.1, -0.05) is 24.3 Å². The molecule has 1 aliphatic rings. The van der Waals surface area contributed by atoms with Gasteiger partial charge < -0.3 is 10.1 Å². The molecule has 1 heterocycles. The van der Waals surface area contributed by atoms with Gasteiger partial charge in [-0.25, -0.2) is 0 Å². The first-order chi connectivity index (χ1) is 9.35. The SMILES string of the molecule is COc1cccc(NCC2Cc3ccccc3S2)c1. The molecule has 1 atom stereocenters. The van der Waals surface area contributed by atoms with Gasteiger partial charge in [0.25, 0.3) is 0 Å². The number of rotatable bonds is 4. The van der Waals surface area contributed by atoms with E-state index < -0.39 is 0 Å². The summed E-state index contributed by atoms with van der Waals surface area (Å²) in [4.78, 5) is 1.43. The Kier molecular flexibility index (Phi) is 3.65. The van der Waals surface area contributed by atoms with Crippen molar-refractivity contribution in [2.45, 2.75) is 16.6 Å². The summed E-state index contributed by atoms with van der Waals surface area (Å²) >= 11 is 1.97. The lowest BCUT2D eigenvalue weighted by atomic mass is 10.1. The Morgan fingerprint density at radius 3 is 2.95 bits per heavy atom. The molecule has 0 saturated heterocycles. The van der Waals surface area contributed by atoms with Gasteiger partial charge in [-0.2, -0.15) is 0 Å². The maximum Gasteiger partial charge on any atom is 0.120 e. The summed E-state index contributed by atoms with van der Waals surface area (Å²) in [6.45, 7) is 0.979. The summed E-state index contributed by atoms with van der Waals surface area (Å²) in [6.07, 6.45) is 1.15. The predicted octanol–water partition coefficient (Wildman–Crippen LogP) is 3.82. The van der Waals surface area contributed by atoms with Gasteiger partial charge in [-0.3, -0.25) is 0 Å². The van der Waals surface area contributed by atoms with Crippen LogP contribution in [-0.2, 0) is 6.42 Å². The van der Waals surface area contributed by atoms with Crippen LogP contribution in [0.5, 0.6) is 5.75 Å². The summed E-state index contributed by atoms with van der Waals surface area (Å²) in [5.41, 5.74) is 2.60. The van der Waals surface area contributed by atoms with E-state index in [2.05, 4.69) is 35.6 Å². The van der Waals surface area contributed by atoms with Crippen molar-refractivity contribution in [1.29, 1.82) is 0 Å². The Bertz CT molecular complexity index is 545. The van der Waals surface area contributed by atoms with Gasteiger partial charge in [0.1, 0.15) is 5.75 Å². The fourth-order valence-corrected chi connectivity index (χ4v) is 3.58. The first kappa shape index (κ1) is 12.4. The highest BCUT2D eigenvalue weighted by atomic mass is 32.2. The van der Waals surface area contributed by atoms with Gasteiger partial charge in [0.15, 0.2) is 0 Å². The fraction of sp³-hybridized carbons (Fsp3) is 0.250. The number of methoxy groups -OCH3 is 1. The third kappa shape index (κ3) is 2.87. The second-order valence-electron chi connectivity index (χ2n) is 4.66. The van der Waals surface area contributed by atoms with Crippen molar-refractivity contribution in [3.63, 3.8) is 0 Å². The smallest absolute Gasteiger partial charge is 0.120 e. The highest BCUT2D eigenvalue weighted by Gasteiger charge is 2.21. The molecule has 0 bridgehead atoms. The van der Waals surface area contributed by atoms with Gasteiger partial charge in [0.05, 0.1) is 7.11 Å². The quantitative estimate of drug-likeness (QED) is 0.913. The summed E-state index contributed by atoms with van der Waals surface area (Å²) < 4.78 is 5.23. The van der Waals surface area contributed by atoms with Crippen LogP contribution in [0.1, 0.15) is 5.56 Å². The van der Waals surface area contributed by atoms with Crippen molar-refractivity contribution in [3.05, 3.63) is 54.1 Å². The number of hydrogen-bond acceptors (Lipinski definition) is 3. The molecule has 0 aliphatic carbocycles. The molecule has 0 fully saturated rings. The van der Waals surface area contributed by atoms with E-state index >= 15 is 0 Å². The van der Waals surface area contributed by atoms with Crippen molar-refractivity contribution in [2.24, 2.45) is 0 Å². The molecule has 1 N–H and O–H groups in total. The van der Waals surface area contributed by atoms with E-state index in [4.69, 9.17) is 4.74 Å². The number of thioether (sulfide) groups is 1. The Morgan fingerprint density at radius 2 is 2.11 bits per heavy atom. The lowest BCUT2D eigenvalue weighted by Gasteiger charge is -2.12. The summed E-state index contributed by atoms with van der Waals surface area (Å²) in [6, 6.07) is 16.8. The number of hydrogen-bond donors (Lipinski definition) is 1. The highest BCUT2D eigenvalue weighted by Crippen LogP contribution is 2.36. The van der Waals surface area contributed by atoms with Crippen molar-refractivity contribution < 1.29 is 4.74 Å². The molecule has 2 aromatic carbocycles. The van der Waals surface area contributed by atoms with E-state index in [0.29, 0.717) is 5.25 Å². The molecule has 0 aromatic heterocycles. The van der Waals surface area contributed by atoms with Crippen LogP contribution in [0.25, 0.3) is 0 Å². The number of nitrogens with one attached hydrogen (secondary N) is 1. The van der Waals surface area contributed by atoms with E-state index in [9.17, 15) is 0 Å². The van der Waals surface area contributed by atoms with E-state index in [-0.39, 0.29) is 0 Å². The number of benzene rings is 2. The van der Waals surface area contributed by atoms with Crippen LogP contribution in [0.2, 0.25) is 0 Å². The van der Waals surface area contributed by atoms with Crippen molar-refractivity contribution in [2.75, 3.05) is 19.0 Å². The lowest BCUT2D eigenvalue weighted by molar-refractivity contribution is 0.415. The molecule has 0 spiro atoms. The maximum absolute atomic E-state index is 5.23. The monoisotopic (exact) mass is 271 g/mol. The van der Waals surface area contributed by atoms with E-state index in [1.165, 1.54) is 10.5 Å². The molecular weight excluding hydrogens is 254 g/mol. The molecule has 2 nitrogen and oxygen atoms in total. The van der Waals surface area contributed by atoms with Gasteiger partial charge in [0, 0.05) is 28.4 Å². The maximum atomic E-state index is 5.23. The molecule has 19 heavy (non-hydrogen) atoms. The van der Waals surface area contributed by atoms with Crippen LogP contribution >= 0.6 is 11.8 Å². The Hall–Kier alpha value is -1.61. The fourth-order valence-electron chi connectivity index (χ4n) is 2.33. The van der Waals surface area contributed by atoms with Gasteiger partial charge in [0.2, 0.25) is 0 Å². The molecular formula is C16H17NOS. The zero-order valence-electron chi connectivity index (χ0n) is 10.9. The van der Waals surface area contributed by atoms with Crippen molar-refractivity contribution in [3.8, 4) is 5.75 Å². The molecule has 0 radical (unpaired) electrons. The van der Waals surface area contributed by atoms with E-state index in [1.807, 2.05) is 30.0 Å². The average molecular weight is 271 g/mol. The predicted molar refractivity (Wildman–Crippen MR) is 81.3 cm³/mol. The number of anilines is 1. The molecule has 1 aliphatic heterocycles. The van der Waals surface area contributed by atoms with Crippen LogP contribution < -0.4 is 10.1 Å². The topological polar surface area (TPSA) is 21.3 Å². The molecule has 0 amide bonds. The minimum atomic E-state index is 0.614. The Balaban J connectivity index is 1.59.